The highest BCUT2D eigenvalue weighted by Gasteiger charge is 2.44. The van der Waals surface area contributed by atoms with Gasteiger partial charge in [-0.05, 0) is 32.1 Å². The van der Waals surface area contributed by atoms with E-state index in [9.17, 15) is 35.4 Å². The summed E-state index contributed by atoms with van der Waals surface area (Å²) in [4.78, 5) is 13.1. The molecule has 1 amide bonds. The molecule has 8 atom stereocenters. The Hall–Kier alpha value is -1.37. The Morgan fingerprint density at radius 2 is 0.881 bits per heavy atom. The van der Waals surface area contributed by atoms with Gasteiger partial charge in [0.1, 0.15) is 30.5 Å². The highest BCUT2D eigenvalue weighted by atomic mass is 16.7. The third kappa shape index (κ3) is 36.2. The van der Waals surface area contributed by atoms with Crippen molar-refractivity contribution < 1.29 is 44.9 Å². The van der Waals surface area contributed by atoms with Crippen LogP contribution in [0.2, 0.25) is 0 Å². The molecule has 0 aromatic carbocycles. The molecule has 0 spiro atoms. The van der Waals surface area contributed by atoms with E-state index in [2.05, 4.69) is 31.3 Å². The summed E-state index contributed by atoms with van der Waals surface area (Å²) in [7, 11) is 0. The number of rotatable bonds is 49. The van der Waals surface area contributed by atoms with Crippen molar-refractivity contribution in [1.82, 2.24) is 5.32 Å². The van der Waals surface area contributed by atoms with Crippen LogP contribution in [0.5, 0.6) is 0 Å². The normalized spacial score (nSPS) is 20.3. The molecule has 1 rings (SSSR count). The number of carbonyl (C=O) groups is 1. The minimum Gasteiger partial charge on any atom is -0.394 e. The minimum absolute atomic E-state index is 0.308. The molecule has 1 saturated heterocycles. The van der Waals surface area contributed by atoms with Crippen LogP contribution in [0.3, 0.4) is 0 Å². The number of hydrogen-bond acceptors (Lipinski definition) is 9. The van der Waals surface area contributed by atoms with Crippen LogP contribution in [0.1, 0.15) is 271 Å². The lowest BCUT2D eigenvalue weighted by Crippen LogP contribution is -2.60. The van der Waals surface area contributed by atoms with Gasteiger partial charge in [-0.3, -0.25) is 4.79 Å². The Morgan fingerprint density at radius 1 is 0.507 bits per heavy atom. The second-order valence-corrected chi connectivity index (χ2v) is 20.2. The van der Waals surface area contributed by atoms with E-state index in [-0.39, 0.29) is 6.61 Å². The molecular formula is C57H109NO9. The maximum atomic E-state index is 13.1. The van der Waals surface area contributed by atoms with Gasteiger partial charge in [-0.25, -0.2) is 0 Å². The van der Waals surface area contributed by atoms with Crippen molar-refractivity contribution in [3.05, 3.63) is 24.3 Å². The lowest BCUT2D eigenvalue weighted by Gasteiger charge is -2.40. The number of amides is 1. The Bertz CT molecular complexity index is 1120. The largest absolute Gasteiger partial charge is 0.394 e. The number of allylic oxidation sites excluding steroid dienone is 3. The zero-order chi connectivity index (χ0) is 48.8. The van der Waals surface area contributed by atoms with Crippen molar-refractivity contribution in [1.29, 1.82) is 0 Å². The van der Waals surface area contributed by atoms with Gasteiger partial charge in [-0.15, -0.1) is 0 Å². The van der Waals surface area contributed by atoms with Crippen LogP contribution in [0.25, 0.3) is 0 Å². The van der Waals surface area contributed by atoms with Crippen LogP contribution >= 0.6 is 0 Å². The number of nitrogens with one attached hydrogen (secondary N) is 1. The van der Waals surface area contributed by atoms with Gasteiger partial charge in [-0.1, -0.05) is 263 Å². The van der Waals surface area contributed by atoms with Crippen molar-refractivity contribution in [2.75, 3.05) is 13.2 Å². The molecule has 0 bridgehead atoms. The van der Waals surface area contributed by atoms with E-state index in [4.69, 9.17) is 9.47 Å². The van der Waals surface area contributed by atoms with E-state index >= 15 is 0 Å². The Balaban J connectivity index is 2.23. The topological polar surface area (TPSA) is 169 Å². The molecular weight excluding hydrogens is 843 g/mol. The molecule has 396 valence electrons. The minimum atomic E-state index is -1.61. The molecule has 1 aliphatic rings. The lowest BCUT2D eigenvalue weighted by molar-refractivity contribution is -0.302. The van der Waals surface area contributed by atoms with Gasteiger partial charge >= 0.3 is 0 Å². The molecule has 0 aliphatic carbocycles. The summed E-state index contributed by atoms with van der Waals surface area (Å²) < 4.78 is 11.2. The molecule has 0 saturated carbocycles. The smallest absolute Gasteiger partial charge is 0.249 e. The van der Waals surface area contributed by atoms with E-state index < -0.39 is 61.5 Å². The number of aliphatic hydroxyl groups is 6. The lowest BCUT2D eigenvalue weighted by atomic mass is 9.99. The summed E-state index contributed by atoms with van der Waals surface area (Å²) in [6.45, 7) is 3.62. The van der Waals surface area contributed by atoms with Crippen molar-refractivity contribution in [2.24, 2.45) is 0 Å². The van der Waals surface area contributed by atoms with E-state index in [1.54, 1.807) is 6.08 Å². The summed E-state index contributed by atoms with van der Waals surface area (Å²) >= 11 is 0. The van der Waals surface area contributed by atoms with Gasteiger partial charge < -0.3 is 45.4 Å². The summed E-state index contributed by atoms with van der Waals surface area (Å²) in [6, 6.07) is -0.994. The van der Waals surface area contributed by atoms with Gasteiger partial charge in [0.15, 0.2) is 6.29 Å². The Labute approximate surface area is 411 Å². The summed E-state index contributed by atoms with van der Waals surface area (Å²) in [5, 5.41) is 64.9. The van der Waals surface area contributed by atoms with E-state index in [1.807, 2.05) is 6.08 Å². The molecule has 0 radical (unpaired) electrons. The summed E-state index contributed by atoms with van der Waals surface area (Å²) in [6.07, 6.45) is 48.6. The number of ether oxygens (including phenoxy) is 2. The first kappa shape index (κ1) is 63.6. The zero-order valence-electron chi connectivity index (χ0n) is 43.5. The molecule has 1 heterocycles. The predicted molar refractivity (Wildman–Crippen MR) is 278 cm³/mol. The van der Waals surface area contributed by atoms with Gasteiger partial charge in [0.25, 0.3) is 0 Å². The van der Waals surface area contributed by atoms with Gasteiger partial charge in [0.05, 0.1) is 25.4 Å². The van der Waals surface area contributed by atoms with Crippen LogP contribution in [0.15, 0.2) is 24.3 Å². The number of carbonyl (C=O) groups excluding carboxylic acids is 1. The van der Waals surface area contributed by atoms with Crippen molar-refractivity contribution in [3.8, 4) is 0 Å². The standard InChI is InChI=1S/C57H109NO9/c1-3-5-7-9-11-13-15-17-19-20-21-22-23-24-25-26-27-28-29-30-32-34-36-38-40-42-44-46-51(61)56(65)58-49(48-66-57-55(64)54(63)53(62)52(47-59)67-57)50(60)45-43-41-39-37-35-33-31-18-16-14-12-10-8-6-4-2/h35,37,43,45,49-55,57,59-64H,3-34,36,38-42,44,46-48H2,1-2H3,(H,58,65)/b37-35+,45-43+. The second kappa shape index (κ2) is 47.0. The molecule has 8 unspecified atom stereocenters. The average molecular weight is 952 g/mol. The Kier molecular flexibility index (Phi) is 44.6. The Morgan fingerprint density at radius 3 is 1.30 bits per heavy atom. The third-order valence-corrected chi connectivity index (χ3v) is 13.9. The molecule has 0 aromatic heterocycles. The summed E-state index contributed by atoms with van der Waals surface area (Å²) in [5.41, 5.74) is 0. The molecule has 1 aliphatic heterocycles. The van der Waals surface area contributed by atoms with Crippen LogP contribution < -0.4 is 5.32 Å². The van der Waals surface area contributed by atoms with Crippen molar-refractivity contribution in [3.63, 3.8) is 0 Å². The molecule has 0 aromatic rings. The van der Waals surface area contributed by atoms with Crippen LogP contribution in [0, 0.1) is 0 Å². The molecule has 7 N–H and O–H groups in total. The maximum Gasteiger partial charge on any atom is 0.249 e. The first-order chi connectivity index (χ1) is 32.8. The van der Waals surface area contributed by atoms with Crippen LogP contribution in [-0.4, -0.2) is 98.7 Å². The average Bonchev–Trinajstić information content (AvgIpc) is 3.33. The third-order valence-electron chi connectivity index (χ3n) is 13.9. The first-order valence-corrected chi connectivity index (χ1v) is 28.7. The fourth-order valence-electron chi connectivity index (χ4n) is 9.24. The van der Waals surface area contributed by atoms with Gasteiger partial charge in [0, 0.05) is 0 Å². The van der Waals surface area contributed by atoms with Gasteiger partial charge in [-0.2, -0.15) is 0 Å². The molecule has 10 heteroatoms. The van der Waals surface area contributed by atoms with Gasteiger partial charge in [0.2, 0.25) is 5.91 Å². The van der Waals surface area contributed by atoms with Crippen molar-refractivity contribution in [2.45, 2.75) is 320 Å². The molecule has 1 fully saturated rings. The fourth-order valence-corrected chi connectivity index (χ4v) is 9.24. The van der Waals surface area contributed by atoms with Crippen molar-refractivity contribution >= 4 is 5.91 Å². The number of aliphatic hydroxyl groups excluding tert-OH is 6. The van der Waals surface area contributed by atoms with E-state index in [0.29, 0.717) is 12.8 Å². The fraction of sp³-hybridized carbons (Fsp3) is 0.912. The quantitative estimate of drug-likeness (QED) is 0.0232. The number of unbranched alkanes of at least 4 members (excludes halogenated alkanes) is 36. The van der Waals surface area contributed by atoms with E-state index in [0.717, 1.165) is 38.5 Å². The highest BCUT2D eigenvalue weighted by molar-refractivity contribution is 5.80. The monoisotopic (exact) mass is 952 g/mol. The molecule has 67 heavy (non-hydrogen) atoms. The highest BCUT2D eigenvalue weighted by Crippen LogP contribution is 2.23. The first-order valence-electron chi connectivity index (χ1n) is 28.7. The zero-order valence-corrected chi connectivity index (χ0v) is 43.5. The second-order valence-electron chi connectivity index (χ2n) is 20.2. The number of hydrogen-bond donors (Lipinski definition) is 7. The van der Waals surface area contributed by atoms with Crippen LogP contribution in [0.4, 0.5) is 0 Å². The maximum absolute atomic E-state index is 13.1. The van der Waals surface area contributed by atoms with Crippen LogP contribution in [-0.2, 0) is 14.3 Å². The predicted octanol–water partition coefficient (Wildman–Crippen LogP) is 12.8. The SMILES string of the molecule is CCCCCCCCCCC/C=C/CC/C=C/C(O)C(COC1OC(CO)C(O)C(O)C1O)NC(=O)C(O)CCCCCCCCCCCCCCCCCCCCCCCCCCCCC. The summed E-state index contributed by atoms with van der Waals surface area (Å²) in [5.74, 6) is -0.621. The van der Waals surface area contributed by atoms with E-state index in [1.165, 1.54) is 205 Å². The molecule has 10 nitrogen and oxygen atoms in total.